The van der Waals surface area contributed by atoms with E-state index in [1.807, 2.05) is 75.4 Å². The summed E-state index contributed by atoms with van der Waals surface area (Å²) in [6.45, 7) is 5.97. The van der Waals surface area contributed by atoms with Gasteiger partial charge in [0.1, 0.15) is 12.6 Å². The molecule has 1 atom stereocenters. The number of rotatable bonds is 13. The number of unbranched alkanes of at least 4 members (excludes halogenated alkanes) is 1. The van der Waals surface area contributed by atoms with E-state index in [0.717, 1.165) is 45.7 Å². The molecule has 0 spiro atoms. The zero-order chi connectivity index (χ0) is 29.3. The van der Waals surface area contributed by atoms with E-state index < -0.39 is 28.5 Å². The number of carbonyl (C=O) groups excluding carboxylic acids is 2. The Bertz CT molecular complexity index is 1410. The van der Waals surface area contributed by atoms with Gasteiger partial charge in [-0.3, -0.25) is 13.9 Å². The van der Waals surface area contributed by atoms with Gasteiger partial charge < -0.3 is 10.2 Å². The largest absolute Gasteiger partial charge is 0.354 e. The Morgan fingerprint density at radius 1 is 0.950 bits per heavy atom. The van der Waals surface area contributed by atoms with Crippen LogP contribution in [0.3, 0.4) is 0 Å². The maximum Gasteiger partial charge on any atom is 0.244 e. The van der Waals surface area contributed by atoms with E-state index in [1.165, 1.54) is 11.0 Å². The Morgan fingerprint density at radius 2 is 1.62 bits per heavy atom. The first-order chi connectivity index (χ1) is 19.0. The van der Waals surface area contributed by atoms with Crippen molar-refractivity contribution in [1.82, 2.24) is 10.2 Å². The SMILES string of the molecule is CCCCNC(=O)[C@H](Cc1ccccc1)N(Cc1ccccc1C)C(=O)CN(c1ccc(C)c(Cl)c1)S(C)(=O)=O. The quantitative estimate of drug-likeness (QED) is 0.277. The average Bonchev–Trinajstić information content (AvgIpc) is 2.91. The highest BCUT2D eigenvalue weighted by atomic mass is 35.5. The van der Waals surface area contributed by atoms with Crippen LogP contribution in [0.25, 0.3) is 0 Å². The van der Waals surface area contributed by atoms with Crippen LogP contribution in [-0.4, -0.2) is 50.5 Å². The number of hydrogen-bond acceptors (Lipinski definition) is 4. The van der Waals surface area contributed by atoms with Gasteiger partial charge in [0, 0.05) is 24.5 Å². The molecule has 0 aliphatic carbocycles. The van der Waals surface area contributed by atoms with Crippen molar-refractivity contribution in [2.45, 2.75) is 52.6 Å². The number of carbonyl (C=O) groups is 2. The fourth-order valence-corrected chi connectivity index (χ4v) is 5.40. The van der Waals surface area contributed by atoms with E-state index in [-0.39, 0.29) is 24.6 Å². The molecule has 7 nitrogen and oxygen atoms in total. The minimum Gasteiger partial charge on any atom is -0.354 e. The molecule has 0 aromatic heterocycles. The number of amides is 2. The smallest absolute Gasteiger partial charge is 0.244 e. The monoisotopic (exact) mass is 583 g/mol. The Kier molecular flexibility index (Phi) is 11.2. The van der Waals surface area contributed by atoms with Crippen molar-refractivity contribution < 1.29 is 18.0 Å². The summed E-state index contributed by atoms with van der Waals surface area (Å²) in [5.74, 6) is -0.763. The molecule has 1 N–H and O–H groups in total. The van der Waals surface area contributed by atoms with Crippen molar-refractivity contribution in [2.24, 2.45) is 0 Å². The van der Waals surface area contributed by atoms with Gasteiger partial charge in [0.05, 0.1) is 11.9 Å². The van der Waals surface area contributed by atoms with E-state index in [2.05, 4.69) is 5.32 Å². The van der Waals surface area contributed by atoms with E-state index in [0.29, 0.717) is 11.6 Å². The molecular formula is C31H38ClN3O4S. The fourth-order valence-electron chi connectivity index (χ4n) is 4.38. The number of sulfonamides is 1. The highest BCUT2D eigenvalue weighted by Gasteiger charge is 2.33. The first kappa shape index (κ1) is 31.2. The Labute approximate surface area is 243 Å². The average molecular weight is 584 g/mol. The van der Waals surface area contributed by atoms with Crippen LogP contribution < -0.4 is 9.62 Å². The highest BCUT2D eigenvalue weighted by molar-refractivity contribution is 7.92. The minimum atomic E-state index is -3.85. The molecule has 0 heterocycles. The molecule has 0 saturated carbocycles. The van der Waals surface area contributed by atoms with Crippen LogP contribution in [0.4, 0.5) is 5.69 Å². The molecule has 3 aromatic carbocycles. The molecule has 0 aliphatic heterocycles. The van der Waals surface area contributed by atoms with Crippen LogP contribution in [0.15, 0.2) is 72.8 Å². The standard InChI is InChI=1S/C31H38ClN3O4S/c1-5-6-18-33-31(37)29(19-25-13-8-7-9-14-25)34(21-26-15-11-10-12-23(26)2)30(36)22-35(40(4,38)39)27-17-16-24(3)28(32)20-27/h7-17,20,29H,5-6,18-19,21-22H2,1-4H3,(H,33,37)/t29-/m0/s1. The van der Waals surface area contributed by atoms with Gasteiger partial charge in [-0.05, 0) is 54.7 Å². The lowest BCUT2D eigenvalue weighted by Gasteiger charge is -2.34. The van der Waals surface area contributed by atoms with Crippen molar-refractivity contribution in [1.29, 1.82) is 0 Å². The first-order valence-corrected chi connectivity index (χ1v) is 15.6. The molecular weight excluding hydrogens is 546 g/mol. The Morgan fingerprint density at radius 3 is 2.25 bits per heavy atom. The van der Waals surface area contributed by atoms with E-state index in [1.54, 1.807) is 12.1 Å². The Balaban J connectivity index is 2.05. The summed E-state index contributed by atoms with van der Waals surface area (Å²) in [4.78, 5) is 29.2. The zero-order valence-electron chi connectivity index (χ0n) is 23.6. The molecule has 0 saturated heterocycles. The molecule has 214 valence electrons. The van der Waals surface area contributed by atoms with E-state index in [4.69, 9.17) is 11.6 Å². The van der Waals surface area contributed by atoms with Gasteiger partial charge in [-0.25, -0.2) is 8.42 Å². The van der Waals surface area contributed by atoms with E-state index in [9.17, 15) is 18.0 Å². The summed E-state index contributed by atoms with van der Waals surface area (Å²) >= 11 is 6.30. The topological polar surface area (TPSA) is 86.8 Å². The van der Waals surface area contributed by atoms with Crippen molar-refractivity contribution in [3.8, 4) is 0 Å². The van der Waals surface area contributed by atoms with Crippen LogP contribution in [-0.2, 0) is 32.6 Å². The maximum atomic E-state index is 14.1. The number of hydrogen-bond donors (Lipinski definition) is 1. The second kappa shape index (κ2) is 14.3. The van der Waals surface area contributed by atoms with Gasteiger partial charge in [0.15, 0.2) is 0 Å². The predicted octanol–water partition coefficient (Wildman–Crippen LogP) is 5.28. The Hall–Kier alpha value is -3.36. The van der Waals surface area contributed by atoms with Crippen molar-refractivity contribution in [2.75, 3.05) is 23.7 Å². The van der Waals surface area contributed by atoms with Crippen LogP contribution in [0.2, 0.25) is 5.02 Å². The van der Waals surface area contributed by atoms with Crippen molar-refractivity contribution in [3.05, 3.63) is 100 Å². The maximum absolute atomic E-state index is 14.1. The number of halogens is 1. The zero-order valence-corrected chi connectivity index (χ0v) is 25.1. The van der Waals surface area contributed by atoms with Crippen molar-refractivity contribution in [3.63, 3.8) is 0 Å². The molecule has 0 fully saturated rings. The van der Waals surface area contributed by atoms with Gasteiger partial charge in [-0.1, -0.05) is 85.6 Å². The molecule has 0 unspecified atom stereocenters. The highest BCUT2D eigenvalue weighted by Crippen LogP contribution is 2.26. The molecule has 2 amide bonds. The van der Waals surface area contributed by atoms with E-state index >= 15 is 0 Å². The third-order valence-corrected chi connectivity index (χ3v) is 8.37. The summed E-state index contributed by atoms with van der Waals surface area (Å²) in [6, 6.07) is 21.2. The molecule has 0 bridgehead atoms. The second-order valence-corrected chi connectivity index (χ2v) is 12.3. The summed E-state index contributed by atoms with van der Waals surface area (Å²) < 4.78 is 26.8. The molecule has 3 aromatic rings. The number of benzene rings is 3. The number of nitrogens with one attached hydrogen (secondary N) is 1. The van der Waals surface area contributed by atoms with Crippen LogP contribution in [0.1, 0.15) is 42.0 Å². The van der Waals surface area contributed by atoms with Crippen LogP contribution >= 0.6 is 11.6 Å². The van der Waals surface area contributed by atoms with Crippen LogP contribution in [0.5, 0.6) is 0 Å². The number of aryl methyl sites for hydroxylation is 2. The molecule has 0 aliphatic rings. The van der Waals surface area contributed by atoms with Gasteiger partial charge in [-0.15, -0.1) is 0 Å². The molecule has 3 rings (SSSR count). The summed E-state index contributed by atoms with van der Waals surface area (Å²) in [6.07, 6.45) is 3.06. The number of anilines is 1. The van der Waals surface area contributed by atoms with Gasteiger partial charge in [-0.2, -0.15) is 0 Å². The third-order valence-electron chi connectivity index (χ3n) is 6.83. The molecule has 40 heavy (non-hydrogen) atoms. The molecule has 9 heteroatoms. The van der Waals surface area contributed by atoms with Crippen molar-refractivity contribution >= 4 is 39.1 Å². The van der Waals surface area contributed by atoms with Gasteiger partial charge >= 0.3 is 0 Å². The summed E-state index contributed by atoms with van der Waals surface area (Å²) in [5.41, 5.74) is 3.81. The lowest BCUT2D eigenvalue weighted by molar-refractivity contribution is -0.140. The summed E-state index contributed by atoms with van der Waals surface area (Å²) in [5, 5.41) is 3.38. The lowest BCUT2D eigenvalue weighted by Crippen LogP contribution is -2.53. The minimum absolute atomic E-state index is 0.149. The lowest BCUT2D eigenvalue weighted by atomic mass is 10.0. The number of nitrogens with zero attached hydrogens (tertiary/aromatic N) is 2. The normalized spacial score (nSPS) is 12.0. The van der Waals surface area contributed by atoms with Gasteiger partial charge in [0.2, 0.25) is 21.8 Å². The first-order valence-electron chi connectivity index (χ1n) is 13.4. The van der Waals surface area contributed by atoms with Gasteiger partial charge in [0.25, 0.3) is 0 Å². The predicted molar refractivity (Wildman–Crippen MR) is 162 cm³/mol. The third kappa shape index (κ3) is 8.57. The molecule has 0 radical (unpaired) electrons. The summed E-state index contributed by atoms with van der Waals surface area (Å²) in [7, 11) is -3.85. The second-order valence-electron chi connectivity index (χ2n) is 10.0. The van der Waals surface area contributed by atoms with Crippen LogP contribution in [0, 0.1) is 13.8 Å². The fraction of sp³-hybridized carbons (Fsp3) is 0.355.